The van der Waals surface area contributed by atoms with Crippen molar-refractivity contribution in [3.8, 4) is 0 Å². The van der Waals surface area contributed by atoms with Gasteiger partial charge in [-0.2, -0.15) is 0 Å². The van der Waals surface area contributed by atoms with Crippen LogP contribution < -0.4 is 10.6 Å². The van der Waals surface area contributed by atoms with Gasteiger partial charge in [0.15, 0.2) is 0 Å². The van der Waals surface area contributed by atoms with Gasteiger partial charge < -0.3 is 25.2 Å². The van der Waals surface area contributed by atoms with Crippen LogP contribution in [-0.2, 0) is 9.47 Å². The molecule has 0 aliphatic heterocycles. The van der Waals surface area contributed by atoms with Gasteiger partial charge in [-0.3, -0.25) is 0 Å². The SMILES string of the molecule is COC[C@H](O)CNC(=O)Nc1cc(C(=O)OC(C)C)ccc1Cl. The fourth-order valence-corrected chi connectivity index (χ4v) is 1.82. The highest BCUT2D eigenvalue weighted by molar-refractivity contribution is 6.33. The number of amides is 2. The number of benzene rings is 1. The minimum absolute atomic E-state index is 0.0202. The Hall–Kier alpha value is -1.83. The van der Waals surface area contributed by atoms with E-state index in [0.717, 1.165) is 0 Å². The monoisotopic (exact) mass is 344 g/mol. The fourth-order valence-electron chi connectivity index (χ4n) is 1.66. The van der Waals surface area contributed by atoms with Gasteiger partial charge in [-0.1, -0.05) is 11.6 Å². The number of methoxy groups -OCH3 is 1. The molecular weight excluding hydrogens is 324 g/mol. The molecule has 7 nitrogen and oxygen atoms in total. The summed E-state index contributed by atoms with van der Waals surface area (Å²) in [7, 11) is 1.45. The molecule has 1 rings (SSSR count). The van der Waals surface area contributed by atoms with E-state index in [1.54, 1.807) is 13.8 Å². The molecule has 0 fully saturated rings. The first-order valence-electron chi connectivity index (χ1n) is 7.05. The first kappa shape index (κ1) is 19.2. The van der Waals surface area contributed by atoms with Gasteiger partial charge in [0.25, 0.3) is 0 Å². The van der Waals surface area contributed by atoms with Gasteiger partial charge in [0.05, 0.1) is 35.1 Å². The fraction of sp³-hybridized carbons (Fsp3) is 0.467. The van der Waals surface area contributed by atoms with Crippen molar-refractivity contribution < 1.29 is 24.2 Å². The first-order chi connectivity index (χ1) is 10.8. The zero-order chi connectivity index (χ0) is 17.4. The summed E-state index contributed by atoms with van der Waals surface area (Å²) in [5.41, 5.74) is 0.543. The number of aliphatic hydroxyl groups is 1. The van der Waals surface area contributed by atoms with Crippen LogP contribution in [0.3, 0.4) is 0 Å². The molecule has 1 atom stereocenters. The molecule has 0 spiro atoms. The second kappa shape index (κ2) is 9.34. The molecule has 1 aromatic rings. The lowest BCUT2D eigenvalue weighted by molar-refractivity contribution is 0.0378. The van der Waals surface area contributed by atoms with Crippen LogP contribution in [0, 0.1) is 0 Å². The Balaban J connectivity index is 2.68. The molecule has 128 valence electrons. The highest BCUT2D eigenvalue weighted by Crippen LogP contribution is 2.23. The quantitative estimate of drug-likeness (QED) is 0.658. The van der Waals surface area contributed by atoms with Crippen LogP contribution in [0.1, 0.15) is 24.2 Å². The molecule has 0 unspecified atom stereocenters. The molecule has 1 aromatic carbocycles. The molecule has 0 aliphatic carbocycles. The Morgan fingerprint density at radius 2 is 2.04 bits per heavy atom. The van der Waals surface area contributed by atoms with E-state index < -0.39 is 18.1 Å². The van der Waals surface area contributed by atoms with E-state index in [1.807, 2.05) is 0 Å². The van der Waals surface area contributed by atoms with Crippen molar-refractivity contribution in [3.05, 3.63) is 28.8 Å². The summed E-state index contributed by atoms with van der Waals surface area (Å²) in [4.78, 5) is 23.6. The highest BCUT2D eigenvalue weighted by Gasteiger charge is 2.13. The number of aliphatic hydroxyl groups excluding tert-OH is 1. The summed E-state index contributed by atoms with van der Waals surface area (Å²) < 4.78 is 9.84. The molecule has 8 heteroatoms. The average Bonchev–Trinajstić information content (AvgIpc) is 2.47. The molecule has 0 heterocycles. The van der Waals surface area contributed by atoms with Gasteiger partial charge in [0, 0.05) is 13.7 Å². The Morgan fingerprint density at radius 3 is 2.65 bits per heavy atom. The van der Waals surface area contributed by atoms with Crippen LogP contribution in [0.5, 0.6) is 0 Å². The summed E-state index contributed by atoms with van der Waals surface area (Å²) in [5, 5.41) is 14.7. The van der Waals surface area contributed by atoms with Crippen molar-refractivity contribution in [2.45, 2.75) is 26.1 Å². The van der Waals surface area contributed by atoms with Crippen molar-refractivity contribution in [1.82, 2.24) is 5.32 Å². The van der Waals surface area contributed by atoms with Gasteiger partial charge in [0.1, 0.15) is 0 Å². The van der Waals surface area contributed by atoms with Crippen molar-refractivity contribution in [2.24, 2.45) is 0 Å². The Kier molecular flexibility index (Phi) is 7.80. The number of anilines is 1. The maximum atomic E-state index is 11.9. The van der Waals surface area contributed by atoms with Gasteiger partial charge in [0.2, 0.25) is 0 Å². The van der Waals surface area contributed by atoms with Gasteiger partial charge >= 0.3 is 12.0 Å². The second-order valence-electron chi connectivity index (χ2n) is 5.09. The summed E-state index contributed by atoms with van der Waals surface area (Å²) in [6.45, 7) is 3.61. The zero-order valence-corrected chi connectivity index (χ0v) is 14.0. The van der Waals surface area contributed by atoms with E-state index in [4.69, 9.17) is 21.1 Å². The predicted octanol–water partition coefficient (Wildman–Crippen LogP) is 2.03. The topological polar surface area (TPSA) is 96.9 Å². The largest absolute Gasteiger partial charge is 0.459 e. The molecular formula is C15H21ClN2O5. The van der Waals surface area contributed by atoms with Crippen LogP contribution in [0.2, 0.25) is 5.02 Å². The smallest absolute Gasteiger partial charge is 0.338 e. The number of hydrogen-bond acceptors (Lipinski definition) is 5. The van der Waals surface area contributed by atoms with E-state index in [0.29, 0.717) is 0 Å². The molecule has 3 N–H and O–H groups in total. The maximum Gasteiger partial charge on any atom is 0.338 e. The van der Waals surface area contributed by atoms with E-state index in [2.05, 4.69) is 10.6 Å². The van der Waals surface area contributed by atoms with Crippen molar-refractivity contribution in [2.75, 3.05) is 25.6 Å². The van der Waals surface area contributed by atoms with E-state index in [1.165, 1.54) is 25.3 Å². The van der Waals surface area contributed by atoms with E-state index in [9.17, 15) is 14.7 Å². The molecule has 0 aliphatic rings. The Morgan fingerprint density at radius 1 is 1.35 bits per heavy atom. The minimum atomic E-state index is -0.812. The van der Waals surface area contributed by atoms with Gasteiger partial charge in [-0.25, -0.2) is 9.59 Å². The summed E-state index contributed by atoms with van der Waals surface area (Å²) in [6, 6.07) is 3.88. The maximum absolute atomic E-state index is 11.9. The van der Waals surface area contributed by atoms with E-state index >= 15 is 0 Å². The van der Waals surface area contributed by atoms with Crippen LogP contribution in [-0.4, -0.2) is 49.6 Å². The normalized spacial score (nSPS) is 11.9. The number of hydrogen-bond donors (Lipinski definition) is 3. The number of urea groups is 1. The number of halogens is 1. The van der Waals surface area contributed by atoms with Crippen molar-refractivity contribution >= 4 is 29.3 Å². The molecule has 2 amide bonds. The zero-order valence-electron chi connectivity index (χ0n) is 13.3. The Labute approximate surface area is 139 Å². The number of carbonyl (C=O) groups is 2. The van der Waals surface area contributed by atoms with Gasteiger partial charge in [-0.15, -0.1) is 0 Å². The van der Waals surface area contributed by atoms with Crippen LogP contribution >= 0.6 is 11.6 Å². The molecule has 0 aromatic heterocycles. The summed E-state index contributed by atoms with van der Waals surface area (Å²) >= 11 is 6.00. The summed E-state index contributed by atoms with van der Waals surface area (Å²) in [6.07, 6.45) is -1.06. The number of esters is 1. The molecule has 0 bridgehead atoms. The number of ether oxygens (including phenoxy) is 2. The summed E-state index contributed by atoms with van der Waals surface area (Å²) in [5.74, 6) is -0.504. The third-order valence-corrected chi connectivity index (χ3v) is 2.98. The van der Waals surface area contributed by atoms with Gasteiger partial charge in [-0.05, 0) is 32.0 Å². The second-order valence-corrected chi connectivity index (χ2v) is 5.50. The van der Waals surface area contributed by atoms with Crippen LogP contribution in [0.4, 0.5) is 10.5 Å². The first-order valence-corrected chi connectivity index (χ1v) is 7.43. The third-order valence-electron chi connectivity index (χ3n) is 2.65. The van der Waals surface area contributed by atoms with Crippen molar-refractivity contribution in [1.29, 1.82) is 0 Å². The molecule has 23 heavy (non-hydrogen) atoms. The standard InChI is InChI=1S/C15H21ClN2O5/c1-9(2)23-14(20)10-4-5-12(16)13(6-10)18-15(21)17-7-11(19)8-22-3/h4-6,9,11,19H,7-8H2,1-3H3,(H2,17,18,21)/t11-/m1/s1. The van der Waals surface area contributed by atoms with Crippen LogP contribution in [0.25, 0.3) is 0 Å². The lowest BCUT2D eigenvalue weighted by Gasteiger charge is -2.13. The highest BCUT2D eigenvalue weighted by atomic mass is 35.5. The number of nitrogens with one attached hydrogen (secondary N) is 2. The molecule has 0 saturated heterocycles. The third kappa shape index (κ3) is 6.85. The van der Waals surface area contributed by atoms with E-state index in [-0.39, 0.29) is 35.5 Å². The lowest BCUT2D eigenvalue weighted by atomic mass is 10.2. The predicted molar refractivity (Wildman–Crippen MR) is 86.9 cm³/mol. The van der Waals surface area contributed by atoms with Crippen molar-refractivity contribution in [3.63, 3.8) is 0 Å². The average molecular weight is 345 g/mol. The lowest BCUT2D eigenvalue weighted by Crippen LogP contribution is -2.37. The molecule has 0 saturated carbocycles. The number of rotatable bonds is 7. The Bertz CT molecular complexity index is 551. The minimum Gasteiger partial charge on any atom is -0.459 e. The number of carbonyl (C=O) groups excluding carboxylic acids is 2. The van der Waals surface area contributed by atoms with Crippen LogP contribution in [0.15, 0.2) is 18.2 Å². The molecule has 0 radical (unpaired) electrons.